The zero-order valence-electron chi connectivity index (χ0n) is 10.2. The molecule has 0 spiro atoms. The second kappa shape index (κ2) is 5.04. The molecule has 1 aliphatic rings. The summed E-state index contributed by atoms with van der Waals surface area (Å²) in [6, 6.07) is 7.57. The Bertz CT molecular complexity index is 756. The SMILES string of the molecule is N#C[C@H]1C[C@H]1C(=O)Nc1cc2cc(Br)cc(Cl)c2cn1. The second-order valence-corrected chi connectivity index (χ2v) is 6.07. The van der Waals surface area contributed by atoms with Crippen molar-refractivity contribution in [2.24, 2.45) is 11.8 Å². The molecule has 0 saturated heterocycles. The maximum atomic E-state index is 11.9. The number of halogens is 2. The Hall–Kier alpha value is -1.64. The normalized spacial score (nSPS) is 20.4. The summed E-state index contributed by atoms with van der Waals surface area (Å²) in [5.41, 5.74) is 0. The fourth-order valence-electron chi connectivity index (χ4n) is 2.09. The van der Waals surface area contributed by atoms with Crippen LogP contribution < -0.4 is 5.32 Å². The molecule has 6 heteroatoms. The minimum atomic E-state index is -0.205. The number of nitrogens with zero attached hydrogens (tertiary/aromatic N) is 2. The van der Waals surface area contributed by atoms with Gasteiger partial charge >= 0.3 is 0 Å². The Balaban J connectivity index is 1.86. The molecule has 1 N–H and O–H groups in total. The van der Waals surface area contributed by atoms with Gasteiger partial charge in [-0.2, -0.15) is 5.26 Å². The van der Waals surface area contributed by atoms with Crippen molar-refractivity contribution >= 4 is 50.0 Å². The van der Waals surface area contributed by atoms with Gasteiger partial charge in [-0.15, -0.1) is 0 Å². The number of benzene rings is 1. The molecule has 0 unspecified atom stereocenters. The Morgan fingerprint density at radius 1 is 1.50 bits per heavy atom. The van der Waals surface area contributed by atoms with Crippen LogP contribution in [-0.2, 0) is 4.79 Å². The highest BCUT2D eigenvalue weighted by Crippen LogP contribution is 2.38. The largest absolute Gasteiger partial charge is 0.310 e. The van der Waals surface area contributed by atoms with E-state index in [9.17, 15) is 4.79 Å². The van der Waals surface area contributed by atoms with Crippen LogP contribution in [-0.4, -0.2) is 10.9 Å². The van der Waals surface area contributed by atoms with Crippen molar-refractivity contribution in [1.29, 1.82) is 5.26 Å². The molecule has 100 valence electrons. The van der Waals surface area contributed by atoms with Gasteiger partial charge in [-0.3, -0.25) is 4.79 Å². The van der Waals surface area contributed by atoms with E-state index in [0.29, 0.717) is 17.3 Å². The third-order valence-electron chi connectivity index (χ3n) is 3.30. The first-order valence-corrected chi connectivity index (χ1v) is 7.21. The maximum Gasteiger partial charge on any atom is 0.230 e. The monoisotopic (exact) mass is 349 g/mol. The molecule has 2 atom stereocenters. The highest BCUT2D eigenvalue weighted by molar-refractivity contribution is 9.10. The van der Waals surface area contributed by atoms with E-state index >= 15 is 0 Å². The minimum Gasteiger partial charge on any atom is -0.310 e. The van der Waals surface area contributed by atoms with Gasteiger partial charge in [0.1, 0.15) is 5.82 Å². The molecule has 0 radical (unpaired) electrons. The van der Waals surface area contributed by atoms with Gasteiger partial charge in [-0.1, -0.05) is 27.5 Å². The van der Waals surface area contributed by atoms with E-state index in [2.05, 4.69) is 32.3 Å². The summed E-state index contributed by atoms with van der Waals surface area (Å²) < 4.78 is 0.866. The molecular weight excluding hydrogens is 342 g/mol. The van der Waals surface area contributed by atoms with E-state index in [1.165, 1.54) is 0 Å². The predicted octanol–water partition coefficient (Wildman–Crippen LogP) is 3.75. The smallest absolute Gasteiger partial charge is 0.230 e. The first-order valence-electron chi connectivity index (χ1n) is 6.04. The first kappa shape index (κ1) is 13.3. The van der Waals surface area contributed by atoms with Crippen LogP contribution in [0.2, 0.25) is 5.02 Å². The van der Waals surface area contributed by atoms with Gasteiger partial charge in [0.15, 0.2) is 0 Å². The van der Waals surface area contributed by atoms with Crippen molar-refractivity contribution < 1.29 is 4.79 Å². The van der Waals surface area contributed by atoms with E-state index < -0.39 is 0 Å². The average Bonchev–Trinajstić information content (AvgIpc) is 3.17. The lowest BCUT2D eigenvalue weighted by Gasteiger charge is -2.06. The molecule has 1 aliphatic carbocycles. The van der Waals surface area contributed by atoms with Gasteiger partial charge in [0, 0.05) is 16.1 Å². The quantitative estimate of drug-likeness (QED) is 0.897. The van der Waals surface area contributed by atoms with Crippen molar-refractivity contribution in [2.75, 3.05) is 5.32 Å². The summed E-state index contributed by atoms with van der Waals surface area (Å²) in [5, 5.41) is 13.8. The minimum absolute atomic E-state index is 0.149. The Morgan fingerprint density at radius 2 is 2.30 bits per heavy atom. The Kier molecular flexibility index (Phi) is 3.36. The number of nitriles is 1. The molecule has 1 fully saturated rings. The number of amides is 1. The Labute approximate surface area is 128 Å². The molecule has 1 amide bonds. The molecule has 1 saturated carbocycles. The highest BCUT2D eigenvalue weighted by atomic mass is 79.9. The van der Waals surface area contributed by atoms with Crippen LogP contribution in [0.3, 0.4) is 0 Å². The van der Waals surface area contributed by atoms with Gasteiger partial charge in [0.05, 0.1) is 22.9 Å². The molecule has 1 aromatic carbocycles. The van der Waals surface area contributed by atoms with E-state index in [0.717, 1.165) is 15.2 Å². The van der Waals surface area contributed by atoms with Gasteiger partial charge in [-0.25, -0.2) is 4.98 Å². The summed E-state index contributed by atoms with van der Waals surface area (Å²) in [7, 11) is 0. The van der Waals surface area contributed by atoms with Crippen molar-refractivity contribution in [2.45, 2.75) is 6.42 Å². The lowest BCUT2D eigenvalue weighted by Crippen LogP contribution is -2.15. The summed E-state index contributed by atoms with van der Waals surface area (Å²) in [5.74, 6) is -0.0348. The number of aromatic nitrogens is 1. The zero-order valence-corrected chi connectivity index (χ0v) is 12.6. The number of carbonyl (C=O) groups excluding carboxylic acids is 1. The standard InChI is InChI=1S/C14H9BrClN3O/c15-9-1-7-3-13(18-6-11(7)12(16)4-9)19-14(20)10-2-8(10)5-17/h1,3-4,6,8,10H,2H2,(H,18,19,20)/t8-,10-/m1/s1. The van der Waals surface area contributed by atoms with Crippen LogP contribution in [0.1, 0.15) is 6.42 Å². The maximum absolute atomic E-state index is 11.9. The second-order valence-electron chi connectivity index (χ2n) is 4.75. The molecule has 0 bridgehead atoms. The summed E-state index contributed by atoms with van der Waals surface area (Å²) in [4.78, 5) is 16.1. The molecule has 2 aromatic rings. The number of hydrogen-bond donors (Lipinski definition) is 1. The molecule has 1 heterocycles. The average molecular weight is 351 g/mol. The van der Waals surface area contributed by atoms with Gasteiger partial charge < -0.3 is 5.32 Å². The van der Waals surface area contributed by atoms with E-state index in [-0.39, 0.29) is 17.7 Å². The highest BCUT2D eigenvalue weighted by Gasteiger charge is 2.43. The molecule has 20 heavy (non-hydrogen) atoms. The third kappa shape index (κ3) is 2.49. The van der Waals surface area contributed by atoms with Crippen molar-refractivity contribution in [1.82, 2.24) is 4.98 Å². The van der Waals surface area contributed by atoms with Crippen molar-refractivity contribution in [3.8, 4) is 6.07 Å². The number of rotatable bonds is 2. The number of nitrogens with one attached hydrogen (secondary N) is 1. The molecule has 3 rings (SSSR count). The van der Waals surface area contributed by atoms with Crippen molar-refractivity contribution in [3.05, 3.63) is 33.9 Å². The lowest BCUT2D eigenvalue weighted by molar-refractivity contribution is -0.117. The Morgan fingerprint density at radius 3 is 3.00 bits per heavy atom. The molecule has 0 aliphatic heterocycles. The van der Waals surface area contributed by atoms with E-state index in [1.807, 2.05) is 6.07 Å². The molecule has 1 aromatic heterocycles. The van der Waals surface area contributed by atoms with Crippen LogP contribution in [0.5, 0.6) is 0 Å². The number of anilines is 1. The van der Waals surface area contributed by atoms with Gasteiger partial charge in [0.25, 0.3) is 0 Å². The zero-order chi connectivity index (χ0) is 14.3. The van der Waals surface area contributed by atoms with Gasteiger partial charge in [0.2, 0.25) is 5.91 Å². The molecular formula is C14H9BrClN3O. The lowest BCUT2D eigenvalue weighted by atomic mass is 10.2. The third-order valence-corrected chi connectivity index (χ3v) is 4.07. The summed E-state index contributed by atoms with van der Waals surface area (Å²) in [6.45, 7) is 0. The van der Waals surface area contributed by atoms with Crippen LogP contribution in [0.4, 0.5) is 5.82 Å². The number of pyridine rings is 1. The van der Waals surface area contributed by atoms with Crippen LogP contribution in [0.15, 0.2) is 28.9 Å². The number of hydrogen-bond acceptors (Lipinski definition) is 3. The van der Waals surface area contributed by atoms with Crippen molar-refractivity contribution in [3.63, 3.8) is 0 Å². The topological polar surface area (TPSA) is 65.8 Å². The van der Waals surface area contributed by atoms with E-state index in [1.54, 1.807) is 18.3 Å². The summed E-state index contributed by atoms with van der Waals surface area (Å²) in [6.07, 6.45) is 2.27. The van der Waals surface area contributed by atoms with Crippen LogP contribution in [0.25, 0.3) is 10.8 Å². The van der Waals surface area contributed by atoms with E-state index in [4.69, 9.17) is 16.9 Å². The van der Waals surface area contributed by atoms with Crippen LogP contribution in [0, 0.1) is 23.2 Å². The fourth-order valence-corrected chi connectivity index (χ4v) is 2.98. The first-order chi connectivity index (χ1) is 9.58. The predicted molar refractivity (Wildman–Crippen MR) is 80.3 cm³/mol. The number of carbonyl (C=O) groups is 1. The summed E-state index contributed by atoms with van der Waals surface area (Å²) >= 11 is 9.51. The fraction of sp³-hybridized carbons (Fsp3) is 0.214. The number of fused-ring (bicyclic) bond motifs is 1. The van der Waals surface area contributed by atoms with Gasteiger partial charge in [-0.05, 0) is 30.0 Å². The van der Waals surface area contributed by atoms with Crippen LogP contribution >= 0.6 is 27.5 Å². The molecule has 4 nitrogen and oxygen atoms in total.